The van der Waals surface area contributed by atoms with E-state index in [9.17, 15) is 62.3 Å². The maximum Gasteiger partial charge on any atom is 0.408 e. The van der Waals surface area contributed by atoms with Crippen LogP contribution in [0.3, 0.4) is 0 Å². The Morgan fingerprint density at radius 1 is 0.701 bits per heavy atom. The maximum absolute atomic E-state index is 13.9. The molecule has 0 unspecified atom stereocenters. The number of carbonyl (C=O) groups is 5. The van der Waals surface area contributed by atoms with Gasteiger partial charge in [-0.3, -0.25) is 49.1 Å². The predicted molar refractivity (Wildman–Crippen MR) is 298 cm³/mol. The molecule has 0 bridgehead atoms. The third-order valence-corrected chi connectivity index (χ3v) is 13.8. The van der Waals surface area contributed by atoms with E-state index in [4.69, 9.17) is 14.2 Å². The van der Waals surface area contributed by atoms with Crippen LogP contribution in [0.15, 0.2) is 73.3 Å². The number of fused-ring (bicyclic) bond motifs is 2. The van der Waals surface area contributed by atoms with Crippen LogP contribution in [0.1, 0.15) is 91.4 Å². The molecule has 2 aliphatic heterocycles. The van der Waals surface area contributed by atoms with Crippen molar-refractivity contribution in [3.8, 4) is 23.6 Å². The average Bonchev–Trinajstić information content (AvgIpc) is 1.70. The normalized spacial score (nSPS) is 17.2. The number of halogens is 4. The molecular weight excluding hydrogens is 1150 g/mol. The lowest BCUT2D eigenvalue weighted by Gasteiger charge is -2.28. The van der Waals surface area contributed by atoms with Crippen molar-refractivity contribution in [3.05, 3.63) is 95.8 Å². The SMILES string of the molecule is CC(C)(C)OC(=O)N[C@H](CC[C@@H](O)NCCCn1cc(COc2ccc3nccc(C(=O)NCC(=O)N4CC(F)(F)C[C@H]4C#N)c3c2)nn1)[C@@H](O)NCCCn1cc(COc2ccc3nccc(C(=O)NCC(=O)N4CC(F)(F)C[C@H]4C#N)c3c2)nn1. The number of nitrogens with zero attached hydrogens (tertiary/aromatic N) is 12. The van der Waals surface area contributed by atoms with Gasteiger partial charge in [0, 0.05) is 49.1 Å². The number of benzene rings is 2. The summed E-state index contributed by atoms with van der Waals surface area (Å²) in [5, 5.41) is 71.7. The minimum Gasteiger partial charge on any atom is -0.487 e. The Morgan fingerprint density at radius 3 is 1.63 bits per heavy atom. The number of amides is 5. The second-order valence-corrected chi connectivity index (χ2v) is 21.8. The smallest absolute Gasteiger partial charge is 0.408 e. The maximum atomic E-state index is 13.9. The fraction of sp³-hybridized carbons (Fsp3) is 0.482. The fourth-order valence-electron chi connectivity index (χ4n) is 9.61. The Morgan fingerprint density at radius 2 is 1.17 bits per heavy atom. The summed E-state index contributed by atoms with van der Waals surface area (Å²) in [7, 11) is 0. The van der Waals surface area contributed by atoms with E-state index in [-0.39, 0.29) is 43.7 Å². The minimum atomic E-state index is -3.20. The van der Waals surface area contributed by atoms with Gasteiger partial charge in [0.05, 0.1) is 78.9 Å². The van der Waals surface area contributed by atoms with Gasteiger partial charge in [0.25, 0.3) is 23.7 Å². The monoisotopic (exact) mass is 1210 g/mol. The number of nitriles is 2. The lowest BCUT2D eigenvalue weighted by Crippen LogP contribution is -2.52. The first-order valence-electron chi connectivity index (χ1n) is 27.8. The van der Waals surface area contributed by atoms with Gasteiger partial charge in [-0.2, -0.15) is 10.5 Å². The molecule has 2 aliphatic rings. The minimum absolute atomic E-state index is 0.000600. The van der Waals surface area contributed by atoms with Crippen molar-refractivity contribution in [2.24, 2.45) is 0 Å². The van der Waals surface area contributed by atoms with E-state index in [1.165, 1.54) is 24.5 Å². The molecule has 0 radical (unpaired) electrons. The fourth-order valence-corrected chi connectivity index (χ4v) is 9.61. The highest BCUT2D eigenvalue weighted by molar-refractivity contribution is 6.08. The summed E-state index contributed by atoms with van der Waals surface area (Å²) in [6.45, 7) is 3.61. The summed E-state index contributed by atoms with van der Waals surface area (Å²) in [6.07, 6.45) is 2.96. The molecule has 31 heteroatoms. The number of aliphatic hydroxyl groups excluding tert-OH is 2. The summed E-state index contributed by atoms with van der Waals surface area (Å²) in [6, 6.07) is 12.6. The van der Waals surface area contributed by atoms with Gasteiger partial charge < -0.3 is 50.2 Å². The second kappa shape index (κ2) is 28.4. The van der Waals surface area contributed by atoms with E-state index in [2.05, 4.69) is 57.2 Å². The van der Waals surface area contributed by atoms with Crippen LogP contribution in [-0.2, 0) is 40.6 Å². The first kappa shape index (κ1) is 63.8. The molecule has 2 aromatic carbocycles. The zero-order chi connectivity index (χ0) is 62.5. The molecule has 6 aromatic rings. The molecule has 0 spiro atoms. The average molecular weight is 1210 g/mol. The first-order chi connectivity index (χ1) is 41.4. The van der Waals surface area contributed by atoms with Crippen molar-refractivity contribution < 1.29 is 66.0 Å². The number of aliphatic hydroxyl groups is 2. The van der Waals surface area contributed by atoms with Crippen LogP contribution in [0, 0.1) is 22.7 Å². The number of hydrogen-bond donors (Lipinski definition) is 7. The van der Waals surface area contributed by atoms with Crippen LogP contribution in [0.25, 0.3) is 21.8 Å². The van der Waals surface area contributed by atoms with Crippen LogP contribution in [0.5, 0.6) is 11.5 Å². The molecule has 7 N–H and O–H groups in total. The zero-order valence-corrected chi connectivity index (χ0v) is 47.7. The summed E-state index contributed by atoms with van der Waals surface area (Å²) < 4.78 is 76.1. The Kier molecular flexibility index (Phi) is 20.8. The van der Waals surface area contributed by atoms with Crippen molar-refractivity contribution >= 4 is 51.5 Å². The molecule has 87 heavy (non-hydrogen) atoms. The summed E-state index contributed by atoms with van der Waals surface area (Å²) in [5.74, 6) is -8.59. The molecular formula is C56H65F4N17O10. The number of hydrogen-bond acceptors (Lipinski definition) is 20. The van der Waals surface area contributed by atoms with E-state index in [1.54, 1.807) is 91.1 Å². The second-order valence-electron chi connectivity index (χ2n) is 21.8. The number of ether oxygens (including phenoxy) is 3. The molecule has 5 atom stereocenters. The Bertz CT molecular complexity index is 3510. The number of alkyl halides is 4. The van der Waals surface area contributed by atoms with Crippen LogP contribution in [-0.4, -0.2) is 177 Å². The van der Waals surface area contributed by atoms with Crippen LogP contribution >= 0.6 is 0 Å². The van der Waals surface area contributed by atoms with Gasteiger partial charge in [0.2, 0.25) is 11.8 Å². The van der Waals surface area contributed by atoms with Crippen molar-refractivity contribution in [3.63, 3.8) is 0 Å². The van der Waals surface area contributed by atoms with Crippen LogP contribution < -0.4 is 36.1 Å². The van der Waals surface area contributed by atoms with Crippen molar-refractivity contribution in [1.82, 2.24) is 76.3 Å². The molecule has 2 saturated heterocycles. The molecule has 462 valence electrons. The van der Waals surface area contributed by atoms with Gasteiger partial charge in [0.15, 0.2) is 0 Å². The topological polar surface area (TPSA) is 355 Å². The Hall–Kier alpha value is -9.17. The van der Waals surface area contributed by atoms with Gasteiger partial charge in [-0.05, 0) is 108 Å². The van der Waals surface area contributed by atoms with Crippen molar-refractivity contribution in [2.75, 3.05) is 39.3 Å². The molecule has 27 nitrogen and oxygen atoms in total. The van der Waals surface area contributed by atoms with E-state index in [0.717, 1.165) is 9.80 Å². The summed E-state index contributed by atoms with van der Waals surface area (Å²) in [5.41, 5.74) is 1.37. The van der Waals surface area contributed by atoms with Crippen molar-refractivity contribution in [1.29, 1.82) is 10.5 Å². The van der Waals surface area contributed by atoms with Gasteiger partial charge >= 0.3 is 6.09 Å². The third-order valence-electron chi connectivity index (χ3n) is 13.8. The largest absolute Gasteiger partial charge is 0.487 e. The highest BCUT2D eigenvalue weighted by Gasteiger charge is 2.48. The number of aryl methyl sites for hydroxylation is 2. The Labute approximate surface area is 495 Å². The summed E-state index contributed by atoms with van der Waals surface area (Å²) >= 11 is 0. The van der Waals surface area contributed by atoms with Gasteiger partial charge in [-0.15, -0.1) is 10.2 Å². The van der Waals surface area contributed by atoms with E-state index >= 15 is 0 Å². The Balaban J connectivity index is 0.740. The van der Waals surface area contributed by atoms with Crippen molar-refractivity contribution in [2.45, 2.75) is 134 Å². The summed E-state index contributed by atoms with van der Waals surface area (Å²) in [4.78, 5) is 74.7. The molecule has 5 amide bonds. The van der Waals surface area contributed by atoms with Gasteiger partial charge in [-0.25, -0.2) is 22.4 Å². The highest BCUT2D eigenvalue weighted by atomic mass is 19.3. The molecule has 0 aliphatic carbocycles. The number of pyridine rings is 2. The first-order valence-corrected chi connectivity index (χ1v) is 27.8. The molecule has 6 heterocycles. The molecule has 0 saturated carbocycles. The lowest BCUT2D eigenvalue weighted by molar-refractivity contribution is -0.132. The number of nitrogens with one attached hydrogen (secondary N) is 5. The van der Waals surface area contributed by atoms with Crippen LogP contribution in [0.4, 0.5) is 22.4 Å². The number of likely N-dealkylation sites (tertiary alicyclic amines) is 2. The van der Waals surface area contributed by atoms with E-state index in [1.807, 2.05) is 0 Å². The lowest BCUT2D eigenvalue weighted by atomic mass is 10.1. The quantitative estimate of drug-likeness (QED) is 0.0221. The number of aromatic nitrogens is 8. The van der Waals surface area contributed by atoms with Crippen LogP contribution in [0.2, 0.25) is 0 Å². The molecule has 8 rings (SSSR count). The molecule has 2 fully saturated rings. The third kappa shape index (κ3) is 17.9. The zero-order valence-electron chi connectivity index (χ0n) is 47.7. The number of alkyl carbamates (subject to hydrolysis) is 1. The van der Waals surface area contributed by atoms with E-state index in [0.29, 0.717) is 77.2 Å². The highest BCUT2D eigenvalue weighted by Crippen LogP contribution is 2.33. The standard InChI is InChI=1S/C56H65F4N17O10/c1-54(2,3)87-53(84)69-46(52(83)66-15-5-19-75-29-35(71-73-75)31-86-39-7-9-45-43(21-39)41(13-17-64-45)51(82)68-27-49(80)77-33-56(59,60)23-37(77)25-62)10-11-47(78)65-14-4-18-74-28-34(70-72-74)30-85-38-6-8-44-42(20-38)40(12-16-63-44)50(81)67-26-48(79)76-32-55(57,58)22-36(76)24-61/h6-9,12-13,16-17,20-21,28-29,36-37,46-47,52,65-66,78,83H,4-5,10-11,14-15,18-19,22-23,26-27,30-33H2,1-3H3,(H,67,81)(H,68,82)(H,69,84)/t36-,37-,46+,47+,52+/m0/s1. The molecule has 4 aromatic heterocycles. The number of rotatable bonds is 27. The van der Waals surface area contributed by atoms with Gasteiger partial charge in [0.1, 0.15) is 66.2 Å². The van der Waals surface area contributed by atoms with Gasteiger partial charge in [-0.1, -0.05) is 10.4 Å². The predicted octanol–water partition coefficient (Wildman–Crippen LogP) is 3.07. The van der Waals surface area contributed by atoms with E-state index < -0.39 is 117 Å². The number of carbonyl (C=O) groups excluding carboxylic acids is 5.